The van der Waals surface area contributed by atoms with Crippen molar-refractivity contribution < 1.29 is 4.79 Å². The molecule has 1 amide bonds. The maximum absolute atomic E-state index is 12.9. The van der Waals surface area contributed by atoms with Gasteiger partial charge in [-0.1, -0.05) is 18.2 Å². The maximum Gasteiger partial charge on any atom is 0.227 e. The number of rotatable bonds is 2. The summed E-state index contributed by atoms with van der Waals surface area (Å²) in [5.41, 5.74) is 5.33. The number of likely N-dealkylation sites (N-methyl/N-ethyl adjacent to an activating group) is 1. The first-order chi connectivity index (χ1) is 11.0. The number of benzene rings is 1. The van der Waals surface area contributed by atoms with Crippen molar-refractivity contribution >= 4 is 11.6 Å². The Hall–Kier alpha value is -2.30. The number of H-pyrrole nitrogens is 1. The zero-order chi connectivity index (χ0) is 16.6. The minimum atomic E-state index is 0.162. The second-order valence-corrected chi connectivity index (χ2v) is 6.47. The predicted molar refractivity (Wildman–Crippen MR) is 91.5 cm³/mol. The average Bonchev–Trinajstić information content (AvgIpc) is 2.77. The highest BCUT2D eigenvalue weighted by atomic mass is 16.2. The lowest BCUT2D eigenvalue weighted by Gasteiger charge is -2.28. The number of hydrogen-bond donors (Lipinski definition) is 1. The van der Waals surface area contributed by atoms with Crippen molar-refractivity contribution in [1.82, 2.24) is 15.1 Å². The number of nitrogens with zero attached hydrogens (tertiary/aromatic N) is 3. The van der Waals surface area contributed by atoms with Crippen molar-refractivity contribution in [2.75, 3.05) is 18.5 Å². The number of para-hydroxylation sites is 1. The lowest BCUT2D eigenvalue weighted by Crippen LogP contribution is -2.42. The summed E-state index contributed by atoms with van der Waals surface area (Å²) in [7, 11) is 2.09. The number of carbonyl (C=O) groups is 1. The van der Waals surface area contributed by atoms with Gasteiger partial charge in [0, 0.05) is 43.1 Å². The topological polar surface area (TPSA) is 52.2 Å². The Morgan fingerprint density at radius 1 is 1.35 bits per heavy atom. The van der Waals surface area contributed by atoms with Gasteiger partial charge in [0.2, 0.25) is 5.91 Å². The van der Waals surface area contributed by atoms with Gasteiger partial charge < -0.3 is 9.80 Å². The van der Waals surface area contributed by atoms with Crippen LogP contribution in [-0.2, 0) is 17.8 Å². The van der Waals surface area contributed by atoms with Crippen LogP contribution in [0.5, 0.6) is 0 Å². The van der Waals surface area contributed by atoms with Gasteiger partial charge in [0.25, 0.3) is 0 Å². The van der Waals surface area contributed by atoms with Crippen molar-refractivity contribution in [3.63, 3.8) is 0 Å². The molecule has 23 heavy (non-hydrogen) atoms. The van der Waals surface area contributed by atoms with E-state index in [1.54, 1.807) is 0 Å². The molecule has 0 radical (unpaired) electrons. The number of nitrogens with one attached hydrogen (secondary N) is 1. The van der Waals surface area contributed by atoms with Crippen LogP contribution in [0.1, 0.15) is 29.4 Å². The molecule has 0 saturated heterocycles. The number of fused-ring (bicyclic) bond motifs is 1. The highest BCUT2D eigenvalue weighted by Crippen LogP contribution is 2.26. The van der Waals surface area contributed by atoms with Crippen LogP contribution in [0.3, 0.4) is 0 Å². The summed E-state index contributed by atoms with van der Waals surface area (Å²) in [5.74, 6) is 0.162. The van der Waals surface area contributed by atoms with E-state index >= 15 is 0 Å². The van der Waals surface area contributed by atoms with Gasteiger partial charge in [-0.2, -0.15) is 5.10 Å². The molecule has 122 valence electrons. The van der Waals surface area contributed by atoms with Crippen LogP contribution < -0.4 is 4.90 Å². The molecular formula is C18H24N4O. The molecule has 0 spiro atoms. The quantitative estimate of drug-likeness (QED) is 0.926. The summed E-state index contributed by atoms with van der Waals surface area (Å²) in [4.78, 5) is 17.1. The third-order valence-electron chi connectivity index (χ3n) is 4.74. The van der Waals surface area contributed by atoms with Gasteiger partial charge in [0.05, 0.1) is 12.1 Å². The molecule has 5 nitrogen and oxygen atoms in total. The third kappa shape index (κ3) is 2.96. The minimum absolute atomic E-state index is 0.162. The lowest BCUT2D eigenvalue weighted by molar-refractivity contribution is -0.132. The fourth-order valence-electron chi connectivity index (χ4n) is 3.37. The van der Waals surface area contributed by atoms with Gasteiger partial charge in [-0.15, -0.1) is 0 Å². The monoisotopic (exact) mass is 312 g/mol. The fourth-order valence-corrected chi connectivity index (χ4v) is 3.37. The Morgan fingerprint density at radius 3 is 2.78 bits per heavy atom. The molecule has 1 aliphatic rings. The van der Waals surface area contributed by atoms with Crippen molar-refractivity contribution in [2.24, 2.45) is 0 Å². The molecular weight excluding hydrogens is 288 g/mol. The summed E-state index contributed by atoms with van der Waals surface area (Å²) in [6.07, 6.45) is 0.407. The van der Waals surface area contributed by atoms with E-state index < -0.39 is 0 Å². The van der Waals surface area contributed by atoms with Gasteiger partial charge in [-0.25, -0.2) is 0 Å². The Morgan fingerprint density at radius 2 is 2.09 bits per heavy atom. The number of amides is 1. The Balaban J connectivity index is 1.86. The molecule has 1 N–H and O–H groups in total. The molecule has 1 atom stereocenters. The van der Waals surface area contributed by atoms with E-state index in [1.807, 2.05) is 24.8 Å². The number of aromatic amines is 1. The van der Waals surface area contributed by atoms with Crippen LogP contribution in [0.4, 0.5) is 5.69 Å². The van der Waals surface area contributed by atoms with Crippen molar-refractivity contribution in [2.45, 2.75) is 39.8 Å². The third-order valence-corrected chi connectivity index (χ3v) is 4.74. The zero-order valence-electron chi connectivity index (χ0n) is 14.3. The number of hydrogen-bond acceptors (Lipinski definition) is 3. The van der Waals surface area contributed by atoms with Crippen LogP contribution in [0.25, 0.3) is 0 Å². The molecule has 0 aliphatic carbocycles. The maximum atomic E-state index is 12.9. The number of aryl methyl sites for hydroxylation is 2. The highest BCUT2D eigenvalue weighted by molar-refractivity contribution is 5.80. The zero-order valence-corrected chi connectivity index (χ0v) is 14.3. The Kier molecular flexibility index (Phi) is 4.11. The summed E-state index contributed by atoms with van der Waals surface area (Å²) >= 11 is 0. The Bertz CT molecular complexity index is 702. The first-order valence-corrected chi connectivity index (χ1v) is 8.06. The first kappa shape index (κ1) is 15.6. The molecule has 1 unspecified atom stereocenters. The minimum Gasteiger partial charge on any atom is -0.372 e. The molecule has 0 fully saturated rings. The van der Waals surface area contributed by atoms with E-state index in [4.69, 9.17) is 0 Å². The lowest BCUT2D eigenvalue weighted by atomic mass is 10.1. The largest absolute Gasteiger partial charge is 0.372 e. The van der Waals surface area contributed by atoms with Gasteiger partial charge in [-0.3, -0.25) is 9.89 Å². The van der Waals surface area contributed by atoms with Crippen LogP contribution in [0.15, 0.2) is 24.3 Å². The van der Waals surface area contributed by atoms with E-state index in [0.717, 1.165) is 23.5 Å². The number of carbonyl (C=O) groups excluding carboxylic acids is 1. The van der Waals surface area contributed by atoms with Gasteiger partial charge >= 0.3 is 0 Å². The average molecular weight is 312 g/mol. The van der Waals surface area contributed by atoms with Crippen LogP contribution in [-0.4, -0.2) is 40.6 Å². The SMILES string of the molecule is Cc1n[nH]c(C)c1CC(=O)N1Cc2ccccc2N(C)CC1C. The van der Waals surface area contributed by atoms with Crippen molar-refractivity contribution in [3.8, 4) is 0 Å². The fraction of sp³-hybridized carbons (Fsp3) is 0.444. The van der Waals surface area contributed by atoms with Gasteiger partial charge in [0.1, 0.15) is 0 Å². The predicted octanol–water partition coefficient (Wildman–Crippen LogP) is 2.44. The molecule has 0 saturated carbocycles. The second kappa shape index (κ2) is 6.07. The molecule has 0 bridgehead atoms. The molecule has 2 heterocycles. The van der Waals surface area contributed by atoms with E-state index in [2.05, 4.69) is 47.3 Å². The number of anilines is 1. The Labute approximate surface area is 137 Å². The van der Waals surface area contributed by atoms with E-state index in [0.29, 0.717) is 13.0 Å². The summed E-state index contributed by atoms with van der Waals surface area (Å²) in [5, 5.41) is 7.16. The molecule has 1 aliphatic heterocycles. The van der Waals surface area contributed by atoms with Crippen LogP contribution in [0.2, 0.25) is 0 Å². The van der Waals surface area contributed by atoms with Crippen LogP contribution in [0, 0.1) is 13.8 Å². The number of aromatic nitrogens is 2. The van der Waals surface area contributed by atoms with Crippen molar-refractivity contribution in [3.05, 3.63) is 46.8 Å². The summed E-state index contributed by atoms with van der Waals surface area (Å²) in [6, 6.07) is 8.50. The van der Waals surface area contributed by atoms with Crippen LogP contribution >= 0.6 is 0 Å². The first-order valence-electron chi connectivity index (χ1n) is 8.06. The van der Waals surface area contributed by atoms with Gasteiger partial charge in [0.15, 0.2) is 0 Å². The van der Waals surface area contributed by atoms with E-state index in [9.17, 15) is 4.79 Å². The summed E-state index contributed by atoms with van der Waals surface area (Å²) < 4.78 is 0. The smallest absolute Gasteiger partial charge is 0.227 e. The molecule has 1 aromatic carbocycles. The molecule has 5 heteroatoms. The molecule has 3 rings (SSSR count). The standard InChI is InChI=1S/C18H24N4O/c1-12-10-21(4)17-8-6-5-7-15(17)11-22(12)18(23)9-16-13(2)19-20-14(16)3/h5-8,12H,9-11H2,1-4H3,(H,19,20). The van der Waals surface area contributed by atoms with E-state index in [-0.39, 0.29) is 11.9 Å². The molecule has 1 aromatic heterocycles. The van der Waals surface area contributed by atoms with Crippen molar-refractivity contribution in [1.29, 1.82) is 0 Å². The second-order valence-electron chi connectivity index (χ2n) is 6.47. The van der Waals surface area contributed by atoms with E-state index in [1.165, 1.54) is 11.3 Å². The highest BCUT2D eigenvalue weighted by Gasteiger charge is 2.27. The molecule has 2 aromatic rings. The van der Waals surface area contributed by atoms with Gasteiger partial charge in [-0.05, 0) is 32.4 Å². The normalized spacial score (nSPS) is 17.8. The summed E-state index contributed by atoms with van der Waals surface area (Å²) in [6.45, 7) is 7.54.